The number of halogens is 1. The summed E-state index contributed by atoms with van der Waals surface area (Å²) < 4.78 is 18.5. The van der Waals surface area contributed by atoms with Crippen LogP contribution in [0.5, 0.6) is 5.75 Å². The molecule has 2 aromatic carbocycles. The van der Waals surface area contributed by atoms with Crippen molar-refractivity contribution in [2.45, 2.75) is 13.8 Å². The van der Waals surface area contributed by atoms with Gasteiger partial charge >= 0.3 is 0 Å². The summed E-state index contributed by atoms with van der Waals surface area (Å²) in [7, 11) is 1.48. The van der Waals surface area contributed by atoms with Crippen LogP contribution in [0.15, 0.2) is 42.5 Å². The zero-order chi connectivity index (χ0) is 20.0. The Morgan fingerprint density at radius 3 is 2.48 bits per heavy atom. The van der Waals surface area contributed by atoms with Crippen LogP contribution in [0.1, 0.15) is 24.2 Å². The van der Waals surface area contributed by atoms with Crippen LogP contribution in [0.2, 0.25) is 0 Å². The minimum absolute atomic E-state index is 0.0466. The third-order valence-corrected chi connectivity index (χ3v) is 3.76. The number of amides is 2. The first-order valence-corrected chi connectivity index (χ1v) is 8.57. The van der Waals surface area contributed by atoms with Gasteiger partial charge in [0.1, 0.15) is 11.6 Å². The van der Waals surface area contributed by atoms with Crippen molar-refractivity contribution in [2.75, 3.05) is 17.7 Å². The highest BCUT2D eigenvalue weighted by Gasteiger charge is 2.13. The molecule has 0 heterocycles. The maximum atomic E-state index is 13.2. The maximum Gasteiger partial charge on any atom is 0.257 e. The molecule has 142 valence electrons. The number of carbonyl (C=O) groups is 2. The summed E-state index contributed by atoms with van der Waals surface area (Å²) in [6, 6.07) is 10.3. The number of carbonyl (C=O) groups excluding carboxylic acids is 2. The van der Waals surface area contributed by atoms with E-state index in [0.717, 1.165) is 6.07 Å². The molecule has 0 unspecified atom stereocenters. The number of hydrogen-bond acceptors (Lipinski definition) is 4. The van der Waals surface area contributed by atoms with Gasteiger partial charge in [-0.25, -0.2) is 4.39 Å². The molecule has 0 spiro atoms. The van der Waals surface area contributed by atoms with Gasteiger partial charge in [0, 0.05) is 23.2 Å². The molecule has 0 bridgehead atoms. The summed E-state index contributed by atoms with van der Waals surface area (Å²) in [5, 5.41) is 8.14. The van der Waals surface area contributed by atoms with E-state index in [2.05, 4.69) is 16.0 Å². The molecule has 0 aliphatic heterocycles. The predicted octanol–water partition coefficient (Wildman–Crippen LogP) is 3.56. The summed E-state index contributed by atoms with van der Waals surface area (Å²) in [4.78, 5) is 23.9. The van der Waals surface area contributed by atoms with Crippen molar-refractivity contribution in [3.63, 3.8) is 0 Å². The van der Waals surface area contributed by atoms with E-state index < -0.39 is 11.7 Å². The monoisotopic (exact) mass is 389 g/mol. The van der Waals surface area contributed by atoms with Crippen molar-refractivity contribution in [3.8, 4) is 5.75 Å². The van der Waals surface area contributed by atoms with E-state index in [1.165, 1.54) is 25.3 Å². The Kier molecular flexibility index (Phi) is 6.84. The van der Waals surface area contributed by atoms with Gasteiger partial charge in [-0.1, -0.05) is 19.9 Å². The summed E-state index contributed by atoms with van der Waals surface area (Å²) in [5.41, 5.74) is 1.24. The average Bonchev–Trinajstić information content (AvgIpc) is 2.62. The van der Waals surface area contributed by atoms with Gasteiger partial charge in [-0.05, 0) is 42.5 Å². The Labute approximate surface area is 162 Å². The number of methoxy groups -OCH3 is 1. The Balaban J connectivity index is 2.05. The van der Waals surface area contributed by atoms with Crippen LogP contribution in [0.4, 0.5) is 15.8 Å². The third-order valence-electron chi connectivity index (χ3n) is 3.56. The lowest BCUT2D eigenvalue weighted by molar-refractivity contribution is -0.118. The summed E-state index contributed by atoms with van der Waals surface area (Å²) in [6.45, 7) is 3.58. The standard InChI is InChI=1S/C19H20FN3O3S/c1-11(2)17(24)22-15-8-7-14(10-16(15)26-3)21-19(27)23-18(25)12-5-4-6-13(20)9-12/h4-11H,1-3H3,(H,22,24)(H2,21,23,25,27). The van der Waals surface area contributed by atoms with Crippen molar-refractivity contribution < 1.29 is 18.7 Å². The van der Waals surface area contributed by atoms with Crippen LogP contribution in [-0.2, 0) is 4.79 Å². The molecular weight excluding hydrogens is 369 g/mol. The Bertz CT molecular complexity index is 871. The first-order valence-electron chi connectivity index (χ1n) is 8.17. The molecule has 0 atom stereocenters. The predicted molar refractivity (Wildman–Crippen MR) is 107 cm³/mol. The van der Waals surface area contributed by atoms with Crippen molar-refractivity contribution in [1.82, 2.24) is 5.32 Å². The van der Waals surface area contributed by atoms with Gasteiger partial charge in [0.25, 0.3) is 5.91 Å². The molecule has 3 N–H and O–H groups in total. The van der Waals surface area contributed by atoms with Gasteiger partial charge in [0.15, 0.2) is 5.11 Å². The number of nitrogens with one attached hydrogen (secondary N) is 3. The fraction of sp³-hybridized carbons (Fsp3) is 0.211. The van der Waals surface area contributed by atoms with E-state index in [-0.39, 0.29) is 22.5 Å². The van der Waals surface area contributed by atoms with Crippen molar-refractivity contribution >= 4 is 40.5 Å². The van der Waals surface area contributed by atoms with Crippen LogP contribution in [0.25, 0.3) is 0 Å². The number of rotatable bonds is 5. The second-order valence-electron chi connectivity index (χ2n) is 5.98. The topological polar surface area (TPSA) is 79.5 Å². The summed E-state index contributed by atoms with van der Waals surface area (Å²) in [6.07, 6.45) is 0. The van der Waals surface area contributed by atoms with E-state index in [1.54, 1.807) is 32.0 Å². The maximum absolute atomic E-state index is 13.2. The number of thiocarbonyl (C=S) groups is 1. The Morgan fingerprint density at radius 1 is 1.11 bits per heavy atom. The molecule has 0 saturated heterocycles. The van der Waals surface area contributed by atoms with Crippen LogP contribution >= 0.6 is 12.2 Å². The van der Waals surface area contributed by atoms with Gasteiger partial charge < -0.3 is 15.4 Å². The number of ether oxygens (including phenoxy) is 1. The second kappa shape index (κ2) is 9.09. The summed E-state index contributed by atoms with van der Waals surface area (Å²) in [5.74, 6) is -0.900. The fourth-order valence-electron chi connectivity index (χ4n) is 2.12. The lowest BCUT2D eigenvalue weighted by Crippen LogP contribution is -2.34. The molecule has 8 heteroatoms. The zero-order valence-electron chi connectivity index (χ0n) is 15.1. The first kappa shape index (κ1) is 20.3. The molecule has 0 aliphatic rings. The average molecular weight is 389 g/mol. The van der Waals surface area contributed by atoms with Gasteiger partial charge in [-0.15, -0.1) is 0 Å². The third kappa shape index (κ3) is 5.75. The SMILES string of the molecule is COc1cc(NC(=S)NC(=O)c2cccc(F)c2)ccc1NC(=O)C(C)C. The zero-order valence-corrected chi connectivity index (χ0v) is 15.9. The van der Waals surface area contributed by atoms with Crippen LogP contribution < -0.4 is 20.7 Å². The molecule has 2 rings (SSSR count). The van der Waals surface area contributed by atoms with Crippen LogP contribution in [-0.4, -0.2) is 24.0 Å². The first-order chi connectivity index (χ1) is 12.8. The fourth-order valence-corrected chi connectivity index (χ4v) is 2.33. The van der Waals surface area contributed by atoms with E-state index in [0.29, 0.717) is 17.1 Å². The van der Waals surface area contributed by atoms with Crippen molar-refractivity contribution in [2.24, 2.45) is 5.92 Å². The molecule has 0 saturated carbocycles. The molecule has 6 nitrogen and oxygen atoms in total. The molecule has 2 aromatic rings. The van der Waals surface area contributed by atoms with E-state index in [4.69, 9.17) is 17.0 Å². The van der Waals surface area contributed by atoms with Crippen LogP contribution in [0, 0.1) is 11.7 Å². The van der Waals surface area contributed by atoms with Gasteiger partial charge in [-0.2, -0.15) is 0 Å². The quantitative estimate of drug-likeness (QED) is 0.682. The largest absolute Gasteiger partial charge is 0.494 e. The number of hydrogen-bond donors (Lipinski definition) is 3. The van der Waals surface area contributed by atoms with E-state index in [1.807, 2.05) is 0 Å². The molecule has 0 fully saturated rings. The smallest absolute Gasteiger partial charge is 0.257 e. The molecule has 27 heavy (non-hydrogen) atoms. The molecule has 0 radical (unpaired) electrons. The second-order valence-corrected chi connectivity index (χ2v) is 6.39. The lowest BCUT2D eigenvalue weighted by Gasteiger charge is -2.15. The highest BCUT2D eigenvalue weighted by atomic mass is 32.1. The highest BCUT2D eigenvalue weighted by Crippen LogP contribution is 2.28. The van der Waals surface area contributed by atoms with Crippen molar-refractivity contribution in [1.29, 1.82) is 0 Å². The Hall–Kier alpha value is -3.00. The minimum atomic E-state index is -0.528. The molecular formula is C19H20FN3O3S. The molecule has 0 aliphatic carbocycles. The van der Waals surface area contributed by atoms with Gasteiger partial charge in [-0.3, -0.25) is 14.9 Å². The molecule has 2 amide bonds. The normalized spacial score (nSPS) is 10.3. The highest BCUT2D eigenvalue weighted by molar-refractivity contribution is 7.80. The minimum Gasteiger partial charge on any atom is -0.494 e. The number of benzene rings is 2. The van der Waals surface area contributed by atoms with Gasteiger partial charge in [0.2, 0.25) is 5.91 Å². The molecule has 0 aromatic heterocycles. The van der Waals surface area contributed by atoms with E-state index >= 15 is 0 Å². The summed E-state index contributed by atoms with van der Waals surface area (Å²) >= 11 is 5.11. The van der Waals surface area contributed by atoms with E-state index in [9.17, 15) is 14.0 Å². The number of anilines is 2. The Morgan fingerprint density at radius 2 is 1.85 bits per heavy atom. The van der Waals surface area contributed by atoms with Gasteiger partial charge in [0.05, 0.1) is 12.8 Å². The lowest BCUT2D eigenvalue weighted by atomic mass is 10.2. The van der Waals surface area contributed by atoms with Crippen molar-refractivity contribution in [3.05, 3.63) is 53.8 Å². The van der Waals surface area contributed by atoms with Crippen LogP contribution in [0.3, 0.4) is 0 Å².